The molecule has 0 aliphatic heterocycles. The zero-order chi connectivity index (χ0) is 14.4. The lowest BCUT2D eigenvalue weighted by molar-refractivity contribution is -0.138. The maximum absolute atomic E-state index is 10.2. The molecule has 1 atom stereocenters. The third-order valence-electron chi connectivity index (χ3n) is 0.931. The summed E-state index contributed by atoms with van der Waals surface area (Å²) in [6, 6.07) is -0.502. The third kappa shape index (κ3) is 38.8. The lowest BCUT2D eigenvalue weighted by atomic mass is 10.3. The summed E-state index contributed by atoms with van der Waals surface area (Å²) in [5, 5.41) is 11.1. The van der Waals surface area contributed by atoms with Gasteiger partial charge in [-0.1, -0.05) is 6.92 Å². The Morgan fingerprint density at radius 3 is 1.59 bits per heavy atom. The molecule has 0 saturated heterocycles. The molecule has 0 aliphatic rings. The van der Waals surface area contributed by atoms with Crippen LogP contribution in [0.5, 0.6) is 0 Å². The van der Waals surface area contributed by atoms with E-state index in [9.17, 15) is 4.79 Å². The summed E-state index contributed by atoms with van der Waals surface area (Å²) >= 11 is -1.38. The molecule has 0 aromatic rings. The minimum Gasteiger partial charge on any atom is -0.480 e. The van der Waals surface area contributed by atoms with Crippen LogP contribution in [-0.4, -0.2) is 56.0 Å². The number of hydrogen-bond acceptors (Lipinski definition) is 5. The number of thiol groups is 1. The molecular formula is C5H15NO8S3. The van der Waals surface area contributed by atoms with Crippen LogP contribution in [0.3, 0.4) is 0 Å². The van der Waals surface area contributed by atoms with Crippen LogP contribution in [0.4, 0.5) is 0 Å². The molecule has 12 heteroatoms. The van der Waals surface area contributed by atoms with E-state index in [1.54, 1.807) is 0 Å². The fourth-order valence-corrected chi connectivity index (χ4v) is 0.762. The first-order valence-electron chi connectivity index (χ1n) is 3.85. The van der Waals surface area contributed by atoms with Gasteiger partial charge in [0.15, 0.2) is 0 Å². The predicted molar refractivity (Wildman–Crippen MR) is 65.8 cm³/mol. The predicted octanol–water partition coefficient (Wildman–Crippen LogP) is -0.659. The van der Waals surface area contributed by atoms with Crippen molar-refractivity contribution < 1.29 is 36.5 Å². The fourth-order valence-electron chi connectivity index (χ4n) is 0.476. The van der Waals surface area contributed by atoms with Gasteiger partial charge in [-0.25, -0.2) is 0 Å². The van der Waals surface area contributed by atoms with E-state index < -0.39 is 34.7 Å². The number of nitrogens with one attached hydrogen (secondary N) is 1. The monoisotopic (exact) mass is 313 g/mol. The van der Waals surface area contributed by atoms with Gasteiger partial charge in [-0.05, 0) is 6.54 Å². The van der Waals surface area contributed by atoms with Crippen LogP contribution >= 0.6 is 12.6 Å². The molecule has 0 heterocycles. The highest BCUT2D eigenvalue weighted by Crippen LogP contribution is 1.86. The normalized spacial score (nSPS) is 11.1. The van der Waals surface area contributed by atoms with Gasteiger partial charge in [-0.15, -0.1) is 0 Å². The molecule has 0 rings (SSSR count). The average molecular weight is 313 g/mol. The van der Waals surface area contributed by atoms with Gasteiger partial charge >= 0.3 is 5.97 Å². The molecule has 0 saturated carbocycles. The molecule has 0 bridgehead atoms. The van der Waals surface area contributed by atoms with Gasteiger partial charge in [0.2, 0.25) is 0 Å². The first-order chi connectivity index (χ1) is 7.68. The highest BCUT2D eigenvalue weighted by atomic mass is 32.2. The molecule has 106 valence electrons. The number of carboxylic acids is 1. The van der Waals surface area contributed by atoms with Crippen molar-refractivity contribution in [2.24, 2.45) is 0 Å². The molecule has 0 aliphatic carbocycles. The number of hydrogen-bond donors (Lipinski definition) is 7. The number of aliphatic carboxylic acids is 1. The summed E-state index contributed by atoms with van der Waals surface area (Å²) in [5.74, 6) is -0.504. The van der Waals surface area contributed by atoms with Crippen LogP contribution in [0.25, 0.3) is 0 Å². The summed E-state index contributed by atoms with van der Waals surface area (Å²) < 4.78 is 45.7. The highest BCUT2D eigenvalue weighted by Gasteiger charge is 2.11. The van der Waals surface area contributed by atoms with Crippen molar-refractivity contribution in [3.05, 3.63) is 0 Å². The molecule has 0 spiro atoms. The Morgan fingerprint density at radius 1 is 1.24 bits per heavy atom. The van der Waals surface area contributed by atoms with Gasteiger partial charge in [0.1, 0.15) is 6.04 Å². The first kappa shape index (κ1) is 22.1. The van der Waals surface area contributed by atoms with Gasteiger partial charge in [-0.3, -0.25) is 23.0 Å². The van der Waals surface area contributed by atoms with Gasteiger partial charge in [0.05, 0.1) is 0 Å². The van der Waals surface area contributed by atoms with E-state index in [-0.39, 0.29) is 0 Å². The summed E-state index contributed by atoms with van der Waals surface area (Å²) in [4.78, 5) is 10.2. The van der Waals surface area contributed by atoms with Gasteiger partial charge in [-0.2, -0.15) is 21.0 Å². The van der Waals surface area contributed by atoms with E-state index in [4.69, 9.17) is 31.7 Å². The molecule has 1 unspecified atom stereocenters. The van der Waals surface area contributed by atoms with E-state index in [2.05, 4.69) is 17.9 Å². The lowest BCUT2D eigenvalue weighted by Crippen LogP contribution is -2.37. The third-order valence-corrected chi connectivity index (χ3v) is 1.30. The minimum atomic E-state index is -2.61. The van der Waals surface area contributed by atoms with Crippen LogP contribution in [-0.2, 0) is 27.5 Å². The van der Waals surface area contributed by atoms with Gasteiger partial charge in [0.25, 0.3) is 22.7 Å². The molecule has 9 nitrogen and oxygen atoms in total. The second-order valence-electron chi connectivity index (χ2n) is 2.09. The van der Waals surface area contributed by atoms with Crippen molar-refractivity contribution in [2.45, 2.75) is 13.0 Å². The summed E-state index contributed by atoms with van der Waals surface area (Å²) in [6.45, 7) is 2.52. The highest BCUT2D eigenvalue weighted by molar-refractivity contribution is 7.80. The van der Waals surface area contributed by atoms with Crippen LogP contribution < -0.4 is 5.32 Å². The fraction of sp³-hybridized carbons (Fsp3) is 0.800. The second kappa shape index (κ2) is 15.9. The molecule has 0 radical (unpaired) electrons. The van der Waals surface area contributed by atoms with Crippen molar-refractivity contribution in [1.82, 2.24) is 5.32 Å². The largest absolute Gasteiger partial charge is 0.480 e. The zero-order valence-corrected chi connectivity index (χ0v) is 11.2. The van der Waals surface area contributed by atoms with Gasteiger partial charge in [0, 0.05) is 5.75 Å². The van der Waals surface area contributed by atoms with Crippen LogP contribution in [0.1, 0.15) is 6.92 Å². The Morgan fingerprint density at radius 2 is 1.53 bits per heavy atom. The Balaban J connectivity index is -0.000000205. The molecule has 6 N–H and O–H groups in total. The lowest BCUT2D eigenvalue weighted by Gasteiger charge is -2.07. The Labute approximate surface area is 109 Å². The summed E-state index contributed by atoms with van der Waals surface area (Å²) in [7, 11) is 0. The number of carboxylic acid groups (broad SMARTS) is 1. The van der Waals surface area contributed by atoms with E-state index in [0.29, 0.717) is 12.3 Å². The van der Waals surface area contributed by atoms with Crippen LogP contribution in [0.2, 0.25) is 0 Å². The van der Waals surface area contributed by atoms with Gasteiger partial charge < -0.3 is 10.4 Å². The molecule has 17 heavy (non-hydrogen) atoms. The van der Waals surface area contributed by atoms with Crippen LogP contribution in [0.15, 0.2) is 0 Å². The van der Waals surface area contributed by atoms with E-state index in [1.165, 1.54) is 0 Å². The second-order valence-corrected chi connectivity index (χ2v) is 3.38. The van der Waals surface area contributed by atoms with Crippen molar-refractivity contribution in [3.63, 3.8) is 0 Å². The van der Waals surface area contributed by atoms with E-state index >= 15 is 0 Å². The van der Waals surface area contributed by atoms with Crippen molar-refractivity contribution >= 4 is 41.3 Å². The Bertz CT molecular complexity index is 217. The smallest absolute Gasteiger partial charge is 0.321 e. The van der Waals surface area contributed by atoms with Crippen molar-refractivity contribution in [3.8, 4) is 0 Å². The Hall–Kier alpha value is -0.0800. The van der Waals surface area contributed by atoms with Crippen molar-refractivity contribution in [2.75, 3.05) is 12.3 Å². The molecule has 0 fully saturated rings. The number of rotatable bonds is 4. The number of likely N-dealkylation sites (N-methyl/N-ethyl adjacent to an activating group) is 1. The molecule has 0 amide bonds. The standard InChI is InChI=1S/C5H11NO2S.2H2O3S/c1-2-6-4(3-9)5(7)8;2*1-4(2)3/h4,6,9H,2-3H2,1H3,(H,7,8);2*(H2,1,2,3). The summed E-state index contributed by atoms with van der Waals surface area (Å²) in [6.07, 6.45) is 0. The molecule has 0 aromatic heterocycles. The molecule has 0 aromatic carbocycles. The SMILES string of the molecule is CCNC(CS)C(=O)O.O=S(O)O.O=S(O)O. The zero-order valence-electron chi connectivity index (χ0n) is 8.72. The van der Waals surface area contributed by atoms with Crippen molar-refractivity contribution in [1.29, 1.82) is 0 Å². The van der Waals surface area contributed by atoms with E-state index in [0.717, 1.165) is 0 Å². The maximum atomic E-state index is 10.2. The summed E-state index contributed by atoms with van der Waals surface area (Å²) in [5.41, 5.74) is 0. The maximum Gasteiger partial charge on any atom is 0.321 e. The minimum absolute atomic E-state index is 0.336. The first-order valence-corrected chi connectivity index (χ1v) is 6.61. The quantitative estimate of drug-likeness (QED) is 0.263. The number of carbonyl (C=O) groups is 1. The van der Waals surface area contributed by atoms with E-state index in [1.807, 2.05) is 6.92 Å². The topological polar surface area (TPSA) is 164 Å². The molecular weight excluding hydrogens is 298 g/mol. The average Bonchev–Trinajstić information content (AvgIpc) is 2.11. The Kier molecular flexibility index (Phi) is 20.7. The van der Waals surface area contributed by atoms with Crippen LogP contribution in [0, 0.1) is 0 Å².